The number of ether oxygens (including phenoxy) is 3. The predicted octanol–water partition coefficient (Wildman–Crippen LogP) is 3.31. The van der Waals surface area contributed by atoms with E-state index < -0.39 is 0 Å². The van der Waals surface area contributed by atoms with Crippen molar-refractivity contribution >= 4 is 32.4 Å². The van der Waals surface area contributed by atoms with E-state index in [9.17, 15) is 9.90 Å². The lowest BCUT2D eigenvalue weighted by molar-refractivity contribution is 0.174. The average molecular weight is 406 g/mol. The van der Waals surface area contributed by atoms with Crippen LogP contribution in [0.3, 0.4) is 0 Å². The zero-order chi connectivity index (χ0) is 21.0. The Balaban J connectivity index is 1.96. The molecule has 154 valence electrons. The van der Waals surface area contributed by atoms with Gasteiger partial charge in [0.2, 0.25) is 6.79 Å². The van der Waals surface area contributed by atoms with Gasteiger partial charge in [0, 0.05) is 29.2 Å². The fraction of sp³-hybridized carbons (Fsp3) is 0.261. The topological polar surface area (TPSA) is 73.2 Å². The second-order valence-electron chi connectivity index (χ2n) is 7.69. The molecule has 0 radical (unpaired) electrons. The minimum absolute atomic E-state index is 0.133. The van der Waals surface area contributed by atoms with Crippen molar-refractivity contribution in [2.45, 2.75) is 6.54 Å². The van der Waals surface area contributed by atoms with Crippen LogP contribution in [-0.4, -0.2) is 49.1 Å². The maximum atomic E-state index is 13.6. The van der Waals surface area contributed by atoms with E-state index >= 15 is 0 Å². The second-order valence-corrected chi connectivity index (χ2v) is 7.69. The number of rotatable bonds is 4. The molecule has 4 aromatic rings. The highest BCUT2D eigenvalue weighted by Gasteiger charge is 2.21. The van der Waals surface area contributed by atoms with Gasteiger partial charge in [0.1, 0.15) is 0 Å². The first-order chi connectivity index (χ1) is 14.5. The maximum absolute atomic E-state index is 13.6. The highest BCUT2D eigenvalue weighted by molar-refractivity contribution is 6.17. The maximum Gasteiger partial charge on any atom is 0.262 e. The SMILES string of the molecule is COc1ccc2c(c1O)c(=O)n(CCN(C)C)c1c3cc4c(cc3ccc21)OCO4. The van der Waals surface area contributed by atoms with Crippen molar-refractivity contribution in [2.24, 2.45) is 0 Å². The zero-order valence-corrected chi connectivity index (χ0v) is 17.1. The smallest absolute Gasteiger partial charge is 0.262 e. The van der Waals surface area contributed by atoms with Gasteiger partial charge in [-0.3, -0.25) is 4.79 Å². The van der Waals surface area contributed by atoms with E-state index in [4.69, 9.17) is 14.2 Å². The normalized spacial score (nSPS) is 13.1. The van der Waals surface area contributed by atoms with E-state index in [0.29, 0.717) is 30.0 Å². The molecule has 0 fully saturated rings. The molecule has 2 heterocycles. The van der Waals surface area contributed by atoms with E-state index in [1.54, 1.807) is 10.6 Å². The molecule has 0 saturated carbocycles. The summed E-state index contributed by atoms with van der Waals surface area (Å²) in [4.78, 5) is 15.6. The Morgan fingerprint density at radius 1 is 1.07 bits per heavy atom. The first-order valence-corrected chi connectivity index (χ1v) is 9.73. The molecule has 7 heteroatoms. The van der Waals surface area contributed by atoms with Crippen LogP contribution in [0.4, 0.5) is 0 Å². The Morgan fingerprint density at radius 2 is 1.80 bits per heavy atom. The van der Waals surface area contributed by atoms with Crippen LogP contribution in [0.1, 0.15) is 0 Å². The number of pyridine rings is 1. The van der Waals surface area contributed by atoms with Gasteiger partial charge in [-0.1, -0.05) is 12.1 Å². The van der Waals surface area contributed by atoms with E-state index in [1.807, 2.05) is 49.3 Å². The summed E-state index contributed by atoms with van der Waals surface area (Å²) in [7, 11) is 5.40. The highest BCUT2D eigenvalue weighted by Crippen LogP contribution is 2.41. The molecule has 0 bridgehead atoms. The molecule has 1 N–H and O–H groups in total. The van der Waals surface area contributed by atoms with Crippen LogP contribution in [0.2, 0.25) is 0 Å². The summed E-state index contributed by atoms with van der Waals surface area (Å²) >= 11 is 0. The molecule has 7 nitrogen and oxygen atoms in total. The lowest BCUT2D eigenvalue weighted by Crippen LogP contribution is -2.27. The van der Waals surface area contributed by atoms with Crippen LogP contribution >= 0.6 is 0 Å². The van der Waals surface area contributed by atoms with Crippen molar-refractivity contribution in [1.29, 1.82) is 0 Å². The van der Waals surface area contributed by atoms with Gasteiger partial charge in [0.05, 0.1) is 18.0 Å². The highest BCUT2D eigenvalue weighted by atomic mass is 16.7. The number of phenolic OH excluding ortho intramolecular Hbond substituents is 1. The second kappa shape index (κ2) is 6.81. The molecule has 1 aliphatic heterocycles. The third-order valence-electron chi connectivity index (χ3n) is 5.64. The molecule has 1 aliphatic rings. The third-order valence-corrected chi connectivity index (χ3v) is 5.64. The number of benzene rings is 3. The van der Waals surface area contributed by atoms with Crippen LogP contribution in [0.25, 0.3) is 32.4 Å². The monoisotopic (exact) mass is 406 g/mol. The Labute approximate surface area is 172 Å². The van der Waals surface area contributed by atoms with E-state index in [0.717, 1.165) is 21.7 Å². The van der Waals surface area contributed by atoms with Gasteiger partial charge < -0.3 is 28.8 Å². The largest absolute Gasteiger partial charge is 0.504 e. The first kappa shape index (κ1) is 18.6. The number of methoxy groups -OCH3 is 1. The number of nitrogens with zero attached hydrogens (tertiary/aromatic N) is 2. The molecule has 3 aromatic carbocycles. The number of likely N-dealkylation sites (N-methyl/N-ethyl adjacent to an activating group) is 1. The van der Waals surface area contributed by atoms with Gasteiger partial charge in [-0.15, -0.1) is 0 Å². The van der Waals surface area contributed by atoms with Gasteiger partial charge >= 0.3 is 0 Å². The van der Waals surface area contributed by atoms with Gasteiger partial charge in [0.25, 0.3) is 5.56 Å². The fourth-order valence-corrected chi connectivity index (χ4v) is 4.13. The number of aromatic nitrogens is 1. The lowest BCUT2D eigenvalue weighted by atomic mass is 9.99. The molecule has 0 amide bonds. The molecule has 0 atom stereocenters. The molecule has 1 aromatic heterocycles. The summed E-state index contributed by atoms with van der Waals surface area (Å²) in [5.41, 5.74) is 0.565. The van der Waals surface area contributed by atoms with E-state index in [1.165, 1.54) is 7.11 Å². The number of aromatic hydroxyl groups is 1. The quantitative estimate of drug-likeness (QED) is 0.524. The molecular formula is C23H22N2O5. The molecule has 0 aliphatic carbocycles. The lowest BCUT2D eigenvalue weighted by Gasteiger charge is -2.18. The minimum atomic E-state index is -0.249. The van der Waals surface area contributed by atoms with Crippen molar-refractivity contribution in [3.05, 3.63) is 46.8 Å². The standard InChI is InChI=1S/C23H22N2O5/c1-24(2)8-9-25-21-15(14-6-7-17(28-3)22(26)20(14)23(25)27)5-4-13-10-18-19(11-16(13)21)30-12-29-18/h4-7,10-11,26H,8-9,12H2,1-3H3. The van der Waals surface area contributed by atoms with Crippen molar-refractivity contribution in [3.63, 3.8) is 0 Å². The summed E-state index contributed by atoms with van der Waals surface area (Å²) in [5.74, 6) is 1.51. The van der Waals surface area contributed by atoms with E-state index in [-0.39, 0.29) is 29.2 Å². The fourth-order valence-electron chi connectivity index (χ4n) is 4.13. The summed E-state index contributed by atoms with van der Waals surface area (Å²) in [6, 6.07) is 11.4. The van der Waals surface area contributed by atoms with Gasteiger partial charge in [-0.2, -0.15) is 0 Å². The molecular weight excluding hydrogens is 384 g/mol. The van der Waals surface area contributed by atoms with Gasteiger partial charge in [0.15, 0.2) is 23.0 Å². The molecule has 0 saturated heterocycles. The van der Waals surface area contributed by atoms with Crippen LogP contribution in [0.5, 0.6) is 23.0 Å². The summed E-state index contributed by atoms with van der Waals surface area (Å²) < 4.78 is 18.1. The first-order valence-electron chi connectivity index (χ1n) is 9.73. The Hall–Kier alpha value is -3.45. The number of phenols is 1. The summed E-state index contributed by atoms with van der Waals surface area (Å²) in [6.07, 6.45) is 0. The van der Waals surface area contributed by atoms with Gasteiger partial charge in [-0.05, 0) is 43.7 Å². The Bertz CT molecular complexity index is 1370. The van der Waals surface area contributed by atoms with Crippen LogP contribution < -0.4 is 19.8 Å². The average Bonchev–Trinajstić information content (AvgIpc) is 3.19. The molecule has 0 spiro atoms. The van der Waals surface area contributed by atoms with Gasteiger partial charge in [-0.25, -0.2) is 0 Å². The van der Waals surface area contributed by atoms with Crippen LogP contribution in [0.15, 0.2) is 41.2 Å². The Kier molecular flexibility index (Phi) is 4.22. The van der Waals surface area contributed by atoms with Crippen molar-refractivity contribution < 1.29 is 19.3 Å². The number of hydrogen-bond donors (Lipinski definition) is 1. The number of fused-ring (bicyclic) bond motifs is 6. The van der Waals surface area contributed by atoms with Crippen LogP contribution in [0, 0.1) is 0 Å². The molecule has 30 heavy (non-hydrogen) atoms. The third kappa shape index (κ3) is 2.66. The molecule has 0 unspecified atom stereocenters. The molecule has 5 rings (SSSR count). The Morgan fingerprint density at radius 3 is 2.53 bits per heavy atom. The zero-order valence-electron chi connectivity index (χ0n) is 17.1. The summed E-state index contributed by atoms with van der Waals surface area (Å²) in [5, 5.41) is 14.4. The van der Waals surface area contributed by atoms with Crippen LogP contribution in [-0.2, 0) is 6.54 Å². The predicted molar refractivity (Wildman–Crippen MR) is 116 cm³/mol. The van der Waals surface area contributed by atoms with Crippen molar-refractivity contribution in [3.8, 4) is 23.0 Å². The minimum Gasteiger partial charge on any atom is -0.504 e. The number of hydrogen-bond acceptors (Lipinski definition) is 6. The summed E-state index contributed by atoms with van der Waals surface area (Å²) in [6.45, 7) is 1.34. The van der Waals surface area contributed by atoms with Crippen molar-refractivity contribution in [2.75, 3.05) is 34.5 Å². The van der Waals surface area contributed by atoms with E-state index in [2.05, 4.69) is 0 Å². The van der Waals surface area contributed by atoms with Crippen molar-refractivity contribution in [1.82, 2.24) is 9.47 Å².